The molecule has 1 amide bonds. The van der Waals surface area contributed by atoms with Crippen molar-refractivity contribution in [2.24, 2.45) is 0 Å². The molecule has 0 spiro atoms. The Hall–Kier alpha value is -1.43. The zero-order valence-corrected chi connectivity index (χ0v) is 10.5. The molecule has 0 heterocycles. The van der Waals surface area contributed by atoms with Gasteiger partial charge >= 0.3 is 0 Å². The Bertz CT molecular complexity index is 449. The molecule has 1 aromatic rings. The Morgan fingerprint density at radius 3 is 2.71 bits per heavy atom. The summed E-state index contributed by atoms with van der Waals surface area (Å²) in [5, 5.41) is 2.60. The molecule has 0 aliphatic rings. The van der Waals surface area contributed by atoms with Crippen molar-refractivity contribution in [2.45, 2.75) is 24.8 Å². The summed E-state index contributed by atoms with van der Waals surface area (Å²) in [7, 11) is -1.69. The summed E-state index contributed by atoms with van der Waals surface area (Å²) < 4.78 is 25.1. The predicted molar refractivity (Wildman–Crippen MR) is 65.4 cm³/mol. The Morgan fingerprint density at radius 1 is 1.53 bits per heavy atom. The standard InChI is InChI=1S/C11H15FN2O2S/c1-7(2)14-11(15)6-17(16)10-4-3-8(13)5-9(10)12/h3-5,7H,6,13H2,1-2H3,(H,14,15). The summed E-state index contributed by atoms with van der Waals surface area (Å²) >= 11 is 0. The highest BCUT2D eigenvalue weighted by Crippen LogP contribution is 2.15. The maximum absolute atomic E-state index is 13.4. The van der Waals surface area contributed by atoms with Crippen LogP contribution in [-0.4, -0.2) is 21.9 Å². The number of carbonyl (C=O) groups is 1. The lowest BCUT2D eigenvalue weighted by Crippen LogP contribution is -2.33. The largest absolute Gasteiger partial charge is 0.399 e. The molecule has 0 aliphatic heterocycles. The first-order chi connectivity index (χ1) is 7.90. The predicted octanol–water partition coefficient (Wildman–Crippen LogP) is 1.04. The van der Waals surface area contributed by atoms with E-state index in [4.69, 9.17) is 5.73 Å². The number of nitrogen functional groups attached to an aromatic ring is 1. The van der Waals surface area contributed by atoms with E-state index in [1.165, 1.54) is 12.1 Å². The van der Waals surface area contributed by atoms with Crippen LogP contribution in [0.15, 0.2) is 23.1 Å². The minimum Gasteiger partial charge on any atom is -0.399 e. The number of amides is 1. The van der Waals surface area contributed by atoms with Gasteiger partial charge in [-0.15, -0.1) is 0 Å². The number of anilines is 1. The van der Waals surface area contributed by atoms with Crippen LogP contribution in [0.3, 0.4) is 0 Å². The fraction of sp³-hybridized carbons (Fsp3) is 0.364. The van der Waals surface area contributed by atoms with Crippen LogP contribution in [0.1, 0.15) is 13.8 Å². The molecule has 0 saturated carbocycles. The Morgan fingerprint density at radius 2 is 2.18 bits per heavy atom. The van der Waals surface area contributed by atoms with E-state index in [1.807, 2.05) is 0 Å². The number of rotatable bonds is 4. The fourth-order valence-electron chi connectivity index (χ4n) is 1.26. The van der Waals surface area contributed by atoms with Gasteiger partial charge in [0.2, 0.25) is 5.91 Å². The summed E-state index contributed by atoms with van der Waals surface area (Å²) in [4.78, 5) is 11.4. The maximum Gasteiger partial charge on any atom is 0.233 e. The molecule has 0 saturated heterocycles. The van der Waals surface area contributed by atoms with Gasteiger partial charge in [-0.25, -0.2) is 4.39 Å². The van der Waals surface area contributed by atoms with Crippen molar-refractivity contribution in [1.82, 2.24) is 5.32 Å². The van der Waals surface area contributed by atoms with E-state index in [-0.39, 0.29) is 28.3 Å². The highest BCUT2D eigenvalue weighted by Gasteiger charge is 2.14. The van der Waals surface area contributed by atoms with Gasteiger partial charge in [-0.05, 0) is 32.0 Å². The van der Waals surface area contributed by atoms with Crippen LogP contribution in [0, 0.1) is 5.82 Å². The van der Waals surface area contributed by atoms with E-state index >= 15 is 0 Å². The van der Waals surface area contributed by atoms with Gasteiger partial charge < -0.3 is 11.1 Å². The van der Waals surface area contributed by atoms with Crippen molar-refractivity contribution in [2.75, 3.05) is 11.5 Å². The van der Waals surface area contributed by atoms with E-state index in [2.05, 4.69) is 5.32 Å². The average molecular weight is 258 g/mol. The quantitative estimate of drug-likeness (QED) is 0.793. The smallest absolute Gasteiger partial charge is 0.233 e. The van der Waals surface area contributed by atoms with Gasteiger partial charge in [0, 0.05) is 11.7 Å². The van der Waals surface area contributed by atoms with Crippen LogP contribution in [0.5, 0.6) is 0 Å². The molecule has 94 valence electrons. The molecule has 0 bridgehead atoms. The molecule has 1 aromatic carbocycles. The molecular formula is C11H15FN2O2S. The first kappa shape index (κ1) is 13.6. The fourth-order valence-corrected chi connectivity index (χ4v) is 2.24. The molecule has 17 heavy (non-hydrogen) atoms. The molecule has 0 fully saturated rings. The number of benzene rings is 1. The highest BCUT2D eigenvalue weighted by atomic mass is 32.2. The third-order valence-electron chi connectivity index (χ3n) is 1.91. The molecule has 0 aliphatic carbocycles. The van der Waals surface area contributed by atoms with Gasteiger partial charge in [-0.2, -0.15) is 0 Å². The summed E-state index contributed by atoms with van der Waals surface area (Å²) in [5.74, 6) is -1.27. The number of nitrogens with one attached hydrogen (secondary N) is 1. The van der Waals surface area contributed by atoms with Crippen LogP contribution in [0.25, 0.3) is 0 Å². The van der Waals surface area contributed by atoms with Crippen LogP contribution in [0.4, 0.5) is 10.1 Å². The zero-order valence-electron chi connectivity index (χ0n) is 9.70. The number of hydrogen-bond donors (Lipinski definition) is 2. The minimum absolute atomic E-state index is 0.00175. The monoisotopic (exact) mass is 258 g/mol. The van der Waals surface area contributed by atoms with Crippen molar-refractivity contribution < 1.29 is 13.4 Å². The third-order valence-corrected chi connectivity index (χ3v) is 3.26. The van der Waals surface area contributed by atoms with E-state index in [0.29, 0.717) is 0 Å². The van der Waals surface area contributed by atoms with Gasteiger partial charge in [-0.3, -0.25) is 9.00 Å². The first-order valence-corrected chi connectivity index (χ1v) is 6.45. The van der Waals surface area contributed by atoms with Crippen molar-refractivity contribution in [3.63, 3.8) is 0 Å². The second-order valence-corrected chi connectivity index (χ2v) is 5.32. The molecule has 3 N–H and O–H groups in total. The van der Waals surface area contributed by atoms with Crippen molar-refractivity contribution in [3.05, 3.63) is 24.0 Å². The Balaban J connectivity index is 2.73. The van der Waals surface area contributed by atoms with Gasteiger partial charge in [-0.1, -0.05) is 0 Å². The topological polar surface area (TPSA) is 72.2 Å². The molecule has 1 atom stereocenters. The summed E-state index contributed by atoms with van der Waals surface area (Å²) in [6, 6.07) is 3.85. The van der Waals surface area contributed by atoms with Gasteiger partial charge in [0.05, 0.1) is 15.7 Å². The first-order valence-electron chi connectivity index (χ1n) is 5.13. The van der Waals surface area contributed by atoms with Crippen LogP contribution in [0.2, 0.25) is 0 Å². The lowest BCUT2D eigenvalue weighted by atomic mass is 10.3. The molecule has 0 aromatic heterocycles. The minimum atomic E-state index is -1.69. The number of halogens is 1. The summed E-state index contributed by atoms with van der Waals surface area (Å²) in [5.41, 5.74) is 5.64. The lowest BCUT2D eigenvalue weighted by molar-refractivity contribution is -0.119. The molecule has 6 heteroatoms. The van der Waals surface area contributed by atoms with E-state index < -0.39 is 16.6 Å². The Labute approximate surface area is 102 Å². The van der Waals surface area contributed by atoms with E-state index in [0.717, 1.165) is 6.07 Å². The SMILES string of the molecule is CC(C)NC(=O)CS(=O)c1ccc(N)cc1F. The summed E-state index contributed by atoms with van der Waals surface area (Å²) in [6.45, 7) is 3.59. The van der Waals surface area contributed by atoms with Gasteiger partial charge in [0.1, 0.15) is 11.6 Å². The van der Waals surface area contributed by atoms with Crippen LogP contribution >= 0.6 is 0 Å². The second kappa shape index (κ2) is 5.77. The number of carbonyl (C=O) groups excluding carboxylic acids is 1. The summed E-state index contributed by atoms with van der Waals surface area (Å²) in [6.07, 6.45) is 0. The third kappa shape index (κ3) is 4.14. The molecule has 0 radical (unpaired) electrons. The number of hydrogen-bond acceptors (Lipinski definition) is 3. The second-order valence-electron chi connectivity index (χ2n) is 3.90. The lowest BCUT2D eigenvalue weighted by Gasteiger charge is -2.08. The van der Waals surface area contributed by atoms with Crippen molar-refractivity contribution in [3.8, 4) is 0 Å². The van der Waals surface area contributed by atoms with Gasteiger partial charge in [0.15, 0.2) is 0 Å². The van der Waals surface area contributed by atoms with Crippen LogP contribution in [-0.2, 0) is 15.6 Å². The average Bonchev–Trinajstić information content (AvgIpc) is 2.15. The van der Waals surface area contributed by atoms with Crippen molar-refractivity contribution in [1.29, 1.82) is 0 Å². The number of nitrogens with two attached hydrogens (primary N) is 1. The van der Waals surface area contributed by atoms with E-state index in [1.54, 1.807) is 13.8 Å². The van der Waals surface area contributed by atoms with Crippen molar-refractivity contribution >= 4 is 22.4 Å². The van der Waals surface area contributed by atoms with E-state index in [9.17, 15) is 13.4 Å². The highest BCUT2D eigenvalue weighted by molar-refractivity contribution is 7.85. The van der Waals surface area contributed by atoms with Gasteiger partial charge in [0.25, 0.3) is 0 Å². The zero-order chi connectivity index (χ0) is 13.0. The molecule has 1 unspecified atom stereocenters. The molecule has 1 rings (SSSR count). The van der Waals surface area contributed by atoms with Crippen LogP contribution < -0.4 is 11.1 Å². The normalized spacial score (nSPS) is 12.5. The molecule has 4 nitrogen and oxygen atoms in total. The molecular weight excluding hydrogens is 243 g/mol. The Kier molecular flexibility index (Phi) is 4.62. The maximum atomic E-state index is 13.4.